The molecule has 11 rings (SSSR count). The molecule has 5 unspecified atom stereocenters. The first-order valence-electron chi connectivity index (χ1n) is 18.3. The first-order chi connectivity index (χ1) is 21.9. The largest absolute Gasteiger partial charge is 0.264 e. The molecule has 46 heavy (non-hydrogen) atoms. The summed E-state index contributed by atoms with van der Waals surface area (Å²) in [5, 5.41) is 0.658. The topological polar surface area (TPSA) is 25.8 Å². The fourth-order valence-corrected chi connectivity index (χ4v) is 21.3. The Balaban J connectivity index is 1.22. The van der Waals surface area contributed by atoms with Gasteiger partial charge >= 0.3 is 0 Å². The second-order valence-corrected chi connectivity index (χ2v) is 23.2. The molecule has 0 radical (unpaired) electrons. The first kappa shape index (κ1) is 30.4. The zero-order valence-corrected chi connectivity index (χ0v) is 30.7. The summed E-state index contributed by atoms with van der Waals surface area (Å²) in [5.41, 5.74) is 7.66. The van der Waals surface area contributed by atoms with Crippen LogP contribution in [0.25, 0.3) is 0 Å². The van der Waals surface area contributed by atoms with Crippen molar-refractivity contribution in [1.29, 1.82) is 0 Å². The number of rotatable bonds is 7. The van der Waals surface area contributed by atoms with E-state index >= 15 is 0 Å². The number of pyridine rings is 2. The van der Waals surface area contributed by atoms with Crippen molar-refractivity contribution < 1.29 is 0 Å². The molecule has 3 aromatic rings. The van der Waals surface area contributed by atoms with Crippen molar-refractivity contribution in [2.75, 3.05) is 0 Å². The van der Waals surface area contributed by atoms with Crippen molar-refractivity contribution in [3.8, 4) is 0 Å². The molecule has 1 aromatic carbocycles. The van der Waals surface area contributed by atoms with E-state index in [2.05, 4.69) is 108 Å². The molecule has 2 nitrogen and oxygen atoms in total. The third kappa shape index (κ3) is 4.62. The summed E-state index contributed by atoms with van der Waals surface area (Å²) in [4.78, 5) is 9.29. The maximum Gasteiger partial charge on any atom is 0.0624 e. The molecule has 5 atom stereocenters. The van der Waals surface area contributed by atoms with E-state index in [0.717, 1.165) is 11.8 Å². The Morgan fingerprint density at radius 3 is 1.50 bits per heavy atom. The van der Waals surface area contributed by atoms with Crippen molar-refractivity contribution >= 4 is 17.2 Å². The number of nitrogens with zero attached hydrogens (tertiary/aromatic N) is 2. The second-order valence-electron chi connectivity index (χ2n) is 19.2. The van der Waals surface area contributed by atoms with Gasteiger partial charge in [0.25, 0.3) is 0 Å². The van der Waals surface area contributed by atoms with Gasteiger partial charge in [-0.05, 0) is 161 Å². The van der Waals surface area contributed by atoms with Gasteiger partial charge in [-0.2, -0.15) is 0 Å². The maximum absolute atomic E-state index is 4.65. The summed E-state index contributed by atoms with van der Waals surface area (Å²) in [6.45, 7) is 10.9. The fraction of sp³-hybridized carbons (Fsp3) is 0.619. The zero-order chi connectivity index (χ0) is 31.6. The summed E-state index contributed by atoms with van der Waals surface area (Å²) in [5.74, 6) is 1.89. The third-order valence-corrected chi connectivity index (χ3v) is 19.3. The molecule has 0 aliphatic heterocycles. The van der Waals surface area contributed by atoms with Crippen LogP contribution >= 0.6 is 17.2 Å². The van der Waals surface area contributed by atoms with Gasteiger partial charge in [0.05, 0.1) is 5.16 Å². The van der Waals surface area contributed by atoms with Gasteiger partial charge in [0, 0.05) is 24.8 Å². The van der Waals surface area contributed by atoms with Crippen molar-refractivity contribution in [1.82, 2.24) is 9.97 Å². The van der Waals surface area contributed by atoms with E-state index in [1.165, 1.54) is 99.9 Å². The van der Waals surface area contributed by atoms with Crippen LogP contribution in [0.1, 0.15) is 127 Å². The molecule has 4 heteroatoms. The lowest BCUT2D eigenvalue weighted by Gasteiger charge is -2.73. The maximum atomic E-state index is 4.65. The minimum Gasteiger partial charge on any atom is -0.264 e. The lowest BCUT2D eigenvalue weighted by atomic mass is 9.44. The van der Waals surface area contributed by atoms with E-state index in [1.807, 2.05) is 12.4 Å². The van der Waals surface area contributed by atoms with Crippen LogP contribution in [0.2, 0.25) is 0 Å². The minimum atomic E-state index is -0.390. The van der Waals surface area contributed by atoms with Crippen LogP contribution in [0.3, 0.4) is 0 Å². The molecule has 0 N–H and O–H groups in total. The van der Waals surface area contributed by atoms with Crippen LogP contribution in [0, 0.1) is 33.5 Å². The lowest BCUT2D eigenvalue weighted by Crippen LogP contribution is -2.63. The smallest absolute Gasteiger partial charge is 0.0624 e. The summed E-state index contributed by atoms with van der Waals surface area (Å²) in [6, 6.07) is 18.4. The van der Waals surface area contributed by atoms with E-state index in [9.17, 15) is 0 Å². The van der Waals surface area contributed by atoms with Gasteiger partial charge in [0.2, 0.25) is 0 Å². The number of benzene rings is 1. The van der Waals surface area contributed by atoms with Gasteiger partial charge in [0.15, 0.2) is 0 Å². The van der Waals surface area contributed by atoms with E-state index in [0.29, 0.717) is 32.0 Å². The Bertz CT molecular complexity index is 1520. The predicted molar refractivity (Wildman–Crippen MR) is 195 cm³/mol. The van der Waals surface area contributed by atoms with E-state index in [-0.39, 0.29) is 13.1 Å². The van der Waals surface area contributed by atoms with Gasteiger partial charge in [-0.15, -0.1) is 9.24 Å². The first-order valence-corrected chi connectivity index (χ1v) is 20.4. The van der Waals surface area contributed by atoms with Gasteiger partial charge < -0.3 is 0 Å². The second kappa shape index (κ2) is 9.97. The number of hydrogen-bond acceptors (Lipinski definition) is 2. The van der Waals surface area contributed by atoms with Crippen LogP contribution in [-0.2, 0) is 11.3 Å². The average molecular weight is 649 g/mol. The Hall–Kier alpha value is -1.62. The zero-order valence-electron chi connectivity index (χ0n) is 28.7. The predicted octanol–water partition coefficient (Wildman–Crippen LogP) is 11.1. The highest BCUT2D eigenvalue weighted by molar-refractivity contribution is 7.60. The highest BCUT2D eigenvalue weighted by atomic mass is 31.1. The highest BCUT2D eigenvalue weighted by Gasteiger charge is 2.69. The molecule has 8 aliphatic carbocycles. The standard InChI is InChI=1S/C42H54N2P2/c1-36-15-30-16-37(2,24-36)27-40(19-30,26-36)46(41-20-31-17-38(3,28-41)25-39(4,18-31)29-41)23-32-9-5-6-12-35(32)42(45,33-10-7-13-43-21-33)34-11-8-14-44-22-34/h5-14,21-22,30-31H,15-20,23-29,45H2,1-4H3. The highest BCUT2D eigenvalue weighted by Crippen LogP contribution is 2.84. The number of aromatic nitrogens is 2. The minimum absolute atomic E-state index is 0.254. The Labute approximate surface area is 281 Å². The van der Waals surface area contributed by atoms with Crippen molar-refractivity contribution in [2.45, 2.75) is 126 Å². The van der Waals surface area contributed by atoms with E-state index in [4.69, 9.17) is 0 Å². The van der Waals surface area contributed by atoms with Gasteiger partial charge in [0.1, 0.15) is 0 Å². The van der Waals surface area contributed by atoms with Gasteiger partial charge in [-0.1, -0.05) is 72.0 Å². The monoisotopic (exact) mass is 648 g/mol. The summed E-state index contributed by atoms with van der Waals surface area (Å²) in [7, 11) is 3.08. The summed E-state index contributed by atoms with van der Waals surface area (Å²) in [6.07, 6.45) is 27.2. The van der Waals surface area contributed by atoms with Crippen molar-refractivity contribution in [3.05, 3.63) is 95.6 Å². The van der Waals surface area contributed by atoms with Crippen LogP contribution in [0.15, 0.2) is 73.3 Å². The molecule has 8 saturated carbocycles. The molecule has 8 aliphatic rings. The fourth-order valence-electron chi connectivity index (χ4n) is 15.1. The molecule has 2 aromatic heterocycles. The van der Waals surface area contributed by atoms with Crippen LogP contribution < -0.4 is 0 Å². The molecule has 8 fully saturated rings. The lowest BCUT2D eigenvalue weighted by molar-refractivity contribution is -0.0922. The molecule has 2 heterocycles. The summed E-state index contributed by atoms with van der Waals surface area (Å²) < 4.78 is 0. The molecular formula is C42H54N2P2. The Morgan fingerprint density at radius 1 is 0.630 bits per heavy atom. The molecular weight excluding hydrogens is 594 g/mol. The van der Waals surface area contributed by atoms with E-state index < -0.39 is 0 Å². The van der Waals surface area contributed by atoms with E-state index in [1.54, 1.807) is 5.56 Å². The van der Waals surface area contributed by atoms with Crippen molar-refractivity contribution in [2.24, 2.45) is 33.5 Å². The normalized spacial score (nSPS) is 42.8. The third-order valence-electron chi connectivity index (χ3n) is 14.3. The Morgan fingerprint density at radius 2 is 1.09 bits per heavy atom. The SMILES string of the molecule is CC12CC3CC(C)(C1)CC(P(Cc1ccccc1C(P)(c1cccnc1)c1cccnc1)C14CC5CC(C)(CC(C)(C5)C1)C4)(C3)C2. The summed E-state index contributed by atoms with van der Waals surface area (Å²) >= 11 is 0. The van der Waals surface area contributed by atoms with Crippen molar-refractivity contribution in [3.63, 3.8) is 0 Å². The van der Waals surface area contributed by atoms with Crippen LogP contribution in [0.4, 0.5) is 0 Å². The van der Waals surface area contributed by atoms with Crippen LogP contribution in [0.5, 0.6) is 0 Å². The average Bonchev–Trinajstić information content (AvgIpc) is 2.97. The molecule has 242 valence electrons. The quantitative estimate of drug-likeness (QED) is 0.238. The molecule has 8 bridgehead atoms. The number of hydrogen-bond donors (Lipinski definition) is 0. The van der Waals surface area contributed by atoms with Crippen LogP contribution in [-0.4, -0.2) is 20.3 Å². The molecule has 0 saturated heterocycles. The van der Waals surface area contributed by atoms with Gasteiger partial charge in [-0.25, -0.2) is 0 Å². The molecule has 0 amide bonds. The molecule has 0 spiro atoms. The Kier molecular flexibility index (Phi) is 6.60. The van der Waals surface area contributed by atoms with Gasteiger partial charge in [-0.3, -0.25) is 9.97 Å².